The van der Waals surface area contributed by atoms with Crippen molar-refractivity contribution in [3.05, 3.63) is 76.3 Å². The zero-order valence-electron chi connectivity index (χ0n) is 25.2. The second-order valence-electron chi connectivity index (χ2n) is 11.7. The molecule has 2 heterocycles. The average Bonchev–Trinajstić information content (AvgIpc) is 2.95. The molecule has 2 aromatic rings. The van der Waals surface area contributed by atoms with Gasteiger partial charge in [0.2, 0.25) is 10.0 Å². The van der Waals surface area contributed by atoms with Gasteiger partial charge in [-0.3, -0.25) is 4.79 Å². The number of rotatable bonds is 9. The predicted molar refractivity (Wildman–Crippen MR) is 161 cm³/mol. The third kappa shape index (κ3) is 6.01. The third-order valence-corrected chi connectivity index (χ3v) is 9.42. The van der Waals surface area contributed by atoms with Crippen LogP contribution in [0, 0.1) is 6.92 Å². The van der Waals surface area contributed by atoms with Crippen LogP contribution >= 0.6 is 0 Å². The smallest absolute Gasteiger partial charge is 0.265 e. The second-order valence-corrected chi connectivity index (χ2v) is 13.7. The number of carbonyl (C=O) groups is 1. The lowest BCUT2D eigenvalue weighted by Gasteiger charge is -2.43. The van der Waals surface area contributed by atoms with Gasteiger partial charge in [0.15, 0.2) is 12.4 Å². The molecule has 0 saturated carbocycles. The van der Waals surface area contributed by atoms with Crippen LogP contribution < -0.4 is 14.4 Å². The number of hydrogen-bond donors (Lipinski definition) is 0. The van der Waals surface area contributed by atoms with Gasteiger partial charge in [-0.15, -0.1) is 0 Å². The molecule has 2 aliphatic heterocycles. The Labute approximate surface area is 248 Å². The fraction of sp³-hybridized carbons (Fsp3) is 0.469. The van der Waals surface area contributed by atoms with Crippen molar-refractivity contribution >= 4 is 21.6 Å². The summed E-state index contributed by atoms with van der Waals surface area (Å²) in [5, 5.41) is 0. The van der Waals surface area contributed by atoms with Crippen LogP contribution in [-0.4, -0.2) is 57.9 Å². The molecule has 1 amide bonds. The lowest BCUT2D eigenvalue weighted by atomic mass is 9.87. The van der Waals surface area contributed by atoms with Crippen LogP contribution in [0.25, 0.3) is 0 Å². The Morgan fingerprint density at radius 1 is 1.10 bits per heavy atom. The molecule has 3 aliphatic rings. The molecule has 9 nitrogen and oxygen atoms in total. The van der Waals surface area contributed by atoms with Crippen LogP contribution in [-0.2, 0) is 30.8 Å². The first-order valence-electron chi connectivity index (χ1n) is 14.2. The fourth-order valence-electron chi connectivity index (χ4n) is 6.08. The Bertz CT molecular complexity index is 1530. The molecule has 0 saturated heterocycles. The molecule has 42 heavy (non-hydrogen) atoms. The summed E-state index contributed by atoms with van der Waals surface area (Å²) in [5.74, 6) is 2.59. The van der Waals surface area contributed by atoms with Crippen molar-refractivity contribution in [1.29, 1.82) is 0 Å². The van der Waals surface area contributed by atoms with Crippen LogP contribution in [0.1, 0.15) is 62.3 Å². The number of nitrogens with zero attached hydrogens (tertiary/aromatic N) is 2. The molecular formula is C32H40N2O7S. The lowest BCUT2D eigenvalue weighted by Crippen LogP contribution is -2.44. The second kappa shape index (κ2) is 11.6. The molecule has 10 heteroatoms. The SMILES string of the molecule is COC1=C(OC)CCC(CCN2C(=O)COc3c2cc2c(c3C)OC(C)(C)CC2N(Cc2ccccc2)S(C)(=O)=O)=C1. The molecule has 226 valence electrons. The van der Waals surface area contributed by atoms with E-state index in [0.29, 0.717) is 42.3 Å². The highest BCUT2D eigenvalue weighted by Crippen LogP contribution is 2.51. The summed E-state index contributed by atoms with van der Waals surface area (Å²) in [6.45, 7) is 6.46. The summed E-state index contributed by atoms with van der Waals surface area (Å²) in [4.78, 5) is 15.0. The zero-order chi connectivity index (χ0) is 30.2. The van der Waals surface area contributed by atoms with E-state index in [-0.39, 0.29) is 19.1 Å². The van der Waals surface area contributed by atoms with E-state index < -0.39 is 21.7 Å². The maximum atomic E-state index is 13.3. The topological polar surface area (TPSA) is 94.6 Å². The Morgan fingerprint density at radius 3 is 2.50 bits per heavy atom. The van der Waals surface area contributed by atoms with Crippen LogP contribution in [0.2, 0.25) is 0 Å². The average molecular weight is 597 g/mol. The van der Waals surface area contributed by atoms with Gasteiger partial charge in [-0.1, -0.05) is 35.9 Å². The van der Waals surface area contributed by atoms with Crippen LogP contribution in [0.15, 0.2) is 59.6 Å². The molecule has 0 radical (unpaired) electrons. The van der Waals surface area contributed by atoms with E-state index in [4.69, 9.17) is 18.9 Å². The first-order valence-corrected chi connectivity index (χ1v) is 16.1. The third-order valence-electron chi connectivity index (χ3n) is 8.18. The molecular weight excluding hydrogens is 556 g/mol. The number of ether oxygens (including phenoxy) is 4. The maximum Gasteiger partial charge on any atom is 0.265 e. The number of carbonyl (C=O) groups excluding carboxylic acids is 1. The predicted octanol–water partition coefficient (Wildman–Crippen LogP) is 5.40. The van der Waals surface area contributed by atoms with Crippen molar-refractivity contribution in [2.75, 3.05) is 38.5 Å². The molecule has 1 aliphatic carbocycles. The lowest BCUT2D eigenvalue weighted by molar-refractivity contribution is -0.121. The first kappa shape index (κ1) is 30.0. The molecule has 2 aromatic carbocycles. The van der Waals surface area contributed by atoms with Crippen LogP contribution in [0.4, 0.5) is 5.69 Å². The Balaban J connectivity index is 1.54. The molecule has 1 unspecified atom stereocenters. The van der Waals surface area contributed by atoms with Gasteiger partial charge in [0, 0.05) is 37.1 Å². The number of sulfonamides is 1. The van der Waals surface area contributed by atoms with Gasteiger partial charge in [0.05, 0.1) is 32.2 Å². The molecule has 0 N–H and O–H groups in total. The van der Waals surface area contributed by atoms with E-state index >= 15 is 0 Å². The minimum absolute atomic E-state index is 0.0704. The normalized spacial score (nSPS) is 19.9. The number of benzene rings is 2. The van der Waals surface area contributed by atoms with Crippen LogP contribution in [0.5, 0.6) is 11.5 Å². The highest BCUT2D eigenvalue weighted by atomic mass is 32.2. The van der Waals surface area contributed by atoms with Gasteiger partial charge >= 0.3 is 0 Å². The van der Waals surface area contributed by atoms with E-state index in [2.05, 4.69) is 0 Å². The summed E-state index contributed by atoms with van der Waals surface area (Å²) in [6, 6.07) is 11.0. The summed E-state index contributed by atoms with van der Waals surface area (Å²) in [6.07, 6.45) is 5.90. The number of hydrogen-bond acceptors (Lipinski definition) is 7. The number of anilines is 1. The zero-order valence-corrected chi connectivity index (χ0v) is 26.0. The molecule has 0 fully saturated rings. The number of amides is 1. The number of fused-ring (bicyclic) bond motifs is 2. The van der Waals surface area contributed by atoms with Crippen molar-refractivity contribution in [1.82, 2.24) is 4.31 Å². The van der Waals surface area contributed by atoms with Gasteiger partial charge < -0.3 is 23.8 Å². The van der Waals surface area contributed by atoms with Gasteiger partial charge in [-0.2, -0.15) is 4.31 Å². The van der Waals surface area contributed by atoms with Gasteiger partial charge in [-0.25, -0.2) is 8.42 Å². The number of allylic oxidation sites excluding steroid dienone is 2. The van der Waals surface area contributed by atoms with Crippen molar-refractivity contribution in [2.45, 2.75) is 64.6 Å². The van der Waals surface area contributed by atoms with E-state index in [9.17, 15) is 13.2 Å². The quantitative estimate of drug-likeness (QED) is 0.383. The molecule has 0 bridgehead atoms. The molecule has 1 atom stereocenters. The van der Waals surface area contributed by atoms with Crippen molar-refractivity contribution in [2.24, 2.45) is 0 Å². The van der Waals surface area contributed by atoms with Gasteiger partial charge in [-0.05, 0) is 51.3 Å². The largest absolute Gasteiger partial charge is 0.497 e. The van der Waals surface area contributed by atoms with Crippen molar-refractivity contribution in [3.63, 3.8) is 0 Å². The Morgan fingerprint density at radius 2 is 1.83 bits per heavy atom. The van der Waals surface area contributed by atoms with E-state index in [1.807, 2.05) is 63.2 Å². The maximum absolute atomic E-state index is 13.3. The van der Waals surface area contributed by atoms with Gasteiger partial charge in [0.1, 0.15) is 22.9 Å². The van der Waals surface area contributed by atoms with E-state index in [0.717, 1.165) is 40.9 Å². The summed E-state index contributed by atoms with van der Waals surface area (Å²) in [7, 11) is -0.356. The minimum Gasteiger partial charge on any atom is -0.497 e. The summed E-state index contributed by atoms with van der Waals surface area (Å²) < 4.78 is 51.5. The van der Waals surface area contributed by atoms with Gasteiger partial charge in [0.25, 0.3) is 5.91 Å². The van der Waals surface area contributed by atoms with Crippen LogP contribution in [0.3, 0.4) is 0 Å². The standard InChI is InChI=1S/C32H40N2O7S/c1-21-30-24(26(18-32(2,3)41-30)34(42(6,36)37)19-23-10-8-7-9-11-23)17-25-31(21)40-20-29(35)33(25)15-14-22-12-13-27(38-4)28(16-22)39-5/h7-11,16-17,26H,12-15,18-20H2,1-6H3. The van der Waals surface area contributed by atoms with E-state index in [1.54, 1.807) is 23.4 Å². The molecule has 0 aromatic heterocycles. The molecule has 5 rings (SSSR count). The fourth-order valence-corrected chi connectivity index (χ4v) is 7.12. The first-order chi connectivity index (χ1) is 19.9. The minimum atomic E-state index is -3.62. The Hall–Kier alpha value is -3.50. The Kier molecular flexibility index (Phi) is 8.31. The highest BCUT2D eigenvalue weighted by molar-refractivity contribution is 7.88. The molecule has 0 spiro atoms. The van der Waals surface area contributed by atoms with E-state index in [1.165, 1.54) is 6.26 Å². The van der Waals surface area contributed by atoms with Crippen molar-refractivity contribution < 1.29 is 32.2 Å². The summed E-state index contributed by atoms with van der Waals surface area (Å²) >= 11 is 0. The summed E-state index contributed by atoms with van der Waals surface area (Å²) in [5.41, 5.74) is 3.57. The highest BCUT2D eigenvalue weighted by Gasteiger charge is 2.43. The number of methoxy groups -OCH3 is 2. The van der Waals surface area contributed by atoms with Crippen molar-refractivity contribution in [3.8, 4) is 11.5 Å². The monoisotopic (exact) mass is 596 g/mol.